The number of H-pyrrole nitrogens is 1. The van der Waals surface area contributed by atoms with Crippen LogP contribution in [0, 0.1) is 13.8 Å². The molecular formula is C16H24N4O3. The normalized spacial score (nSPS) is 11.2. The van der Waals surface area contributed by atoms with Crippen LogP contribution >= 0.6 is 0 Å². The minimum atomic E-state index is -0.170. The van der Waals surface area contributed by atoms with Crippen LogP contribution in [-0.4, -0.2) is 50.4 Å². The van der Waals surface area contributed by atoms with E-state index in [0.29, 0.717) is 30.7 Å². The van der Waals surface area contributed by atoms with Gasteiger partial charge >= 0.3 is 0 Å². The molecule has 1 amide bonds. The molecule has 0 atom stereocenters. The highest BCUT2D eigenvalue weighted by atomic mass is 16.3. The molecule has 23 heavy (non-hydrogen) atoms. The third-order valence-corrected chi connectivity index (χ3v) is 4.25. The molecule has 2 rings (SSSR count). The average Bonchev–Trinajstić information content (AvgIpc) is 2.78. The number of aliphatic hydroxyl groups excluding tert-OH is 1. The lowest BCUT2D eigenvalue weighted by Crippen LogP contribution is -2.33. The molecule has 2 aromatic rings. The number of aromatic nitrogens is 3. The van der Waals surface area contributed by atoms with Gasteiger partial charge in [0.05, 0.1) is 12.3 Å². The number of likely N-dealkylation sites (N-methyl/N-ethyl adjacent to an activating group) is 1. The number of nitrogens with zero attached hydrogens (tertiary/aromatic N) is 3. The Bertz CT molecular complexity index is 776. The van der Waals surface area contributed by atoms with Crippen LogP contribution in [0.25, 0.3) is 11.0 Å². The van der Waals surface area contributed by atoms with Crippen LogP contribution in [0.5, 0.6) is 0 Å². The molecule has 0 radical (unpaired) electrons. The van der Waals surface area contributed by atoms with E-state index in [1.54, 1.807) is 16.6 Å². The Morgan fingerprint density at radius 1 is 1.39 bits per heavy atom. The van der Waals surface area contributed by atoms with Crippen LogP contribution in [0.2, 0.25) is 0 Å². The number of aromatic amines is 1. The summed E-state index contributed by atoms with van der Waals surface area (Å²) in [5.74, 6) is -0.0524. The number of carbonyl (C=O) groups excluding carboxylic acids is 1. The number of fused-ring (bicyclic) bond motifs is 1. The van der Waals surface area contributed by atoms with E-state index in [2.05, 4.69) is 10.1 Å². The Labute approximate surface area is 134 Å². The quantitative estimate of drug-likeness (QED) is 0.817. The summed E-state index contributed by atoms with van der Waals surface area (Å²) in [5.41, 5.74) is 2.90. The zero-order chi connectivity index (χ0) is 17.1. The van der Waals surface area contributed by atoms with Gasteiger partial charge in [-0.1, -0.05) is 0 Å². The second-order valence-electron chi connectivity index (χ2n) is 5.69. The lowest BCUT2D eigenvalue weighted by atomic mass is 10.0. The van der Waals surface area contributed by atoms with Gasteiger partial charge in [-0.2, -0.15) is 5.10 Å². The number of hydrogen-bond acceptors (Lipinski definition) is 4. The van der Waals surface area contributed by atoms with Crippen molar-refractivity contribution in [3.8, 4) is 0 Å². The number of hydrogen-bond donors (Lipinski definition) is 2. The van der Waals surface area contributed by atoms with Crippen LogP contribution in [0.3, 0.4) is 0 Å². The summed E-state index contributed by atoms with van der Waals surface area (Å²) in [5, 5.41) is 14.3. The summed E-state index contributed by atoms with van der Waals surface area (Å²) < 4.78 is 1.66. The van der Waals surface area contributed by atoms with Crippen molar-refractivity contribution in [3.05, 3.63) is 27.2 Å². The number of aliphatic hydroxyl groups is 1. The third-order valence-electron chi connectivity index (χ3n) is 4.25. The van der Waals surface area contributed by atoms with Crippen LogP contribution < -0.4 is 5.56 Å². The van der Waals surface area contributed by atoms with E-state index in [4.69, 9.17) is 5.11 Å². The van der Waals surface area contributed by atoms with Crippen LogP contribution in [0.4, 0.5) is 0 Å². The van der Waals surface area contributed by atoms with Gasteiger partial charge in [-0.05, 0) is 32.8 Å². The van der Waals surface area contributed by atoms with Crippen molar-refractivity contribution in [2.24, 2.45) is 7.05 Å². The van der Waals surface area contributed by atoms with Gasteiger partial charge in [0.1, 0.15) is 5.65 Å². The number of amides is 1. The number of aryl methyl sites for hydroxylation is 3. The van der Waals surface area contributed by atoms with Gasteiger partial charge in [-0.3, -0.25) is 14.3 Å². The zero-order valence-electron chi connectivity index (χ0n) is 14.1. The predicted molar refractivity (Wildman–Crippen MR) is 88.5 cm³/mol. The monoisotopic (exact) mass is 320 g/mol. The number of carbonyl (C=O) groups is 1. The maximum atomic E-state index is 12.3. The Morgan fingerprint density at radius 2 is 2.09 bits per heavy atom. The summed E-state index contributed by atoms with van der Waals surface area (Å²) in [6.07, 6.45) is 0.634. The molecule has 0 spiro atoms. The van der Waals surface area contributed by atoms with Gasteiger partial charge in [-0.25, -0.2) is 0 Å². The second kappa shape index (κ2) is 6.95. The molecule has 0 aliphatic heterocycles. The van der Waals surface area contributed by atoms with E-state index in [0.717, 1.165) is 16.6 Å². The molecule has 2 heterocycles. The lowest BCUT2D eigenvalue weighted by Gasteiger charge is -2.19. The standard InChI is InChI=1S/C16H24N4O3/c1-5-20(8-9-21)13(22)7-6-12-10(2)14-11(3)18-19(4)15(14)17-16(12)23/h21H,5-9H2,1-4H3,(H,17,23). The molecule has 0 aliphatic carbocycles. The first-order valence-corrected chi connectivity index (χ1v) is 7.84. The van der Waals surface area contributed by atoms with Crippen molar-refractivity contribution in [2.75, 3.05) is 19.7 Å². The predicted octanol–water partition coefficient (Wildman–Crippen LogP) is 0.652. The molecule has 7 heteroatoms. The Balaban J connectivity index is 2.29. The topological polar surface area (TPSA) is 91.2 Å². The number of nitrogens with one attached hydrogen (secondary N) is 1. The van der Waals surface area contributed by atoms with E-state index in [1.807, 2.05) is 20.8 Å². The molecule has 0 saturated heterocycles. The van der Waals surface area contributed by atoms with Crippen molar-refractivity contribution >= 4 is 16.9 Å². The maximum absolute atomic E-state index is 12.3. The first-order valence-electron chi connectivity index (χ1n) is 7.84. The summed E-state index contributed by atoms with van der Waals surface area (Å²) in [4.78, 5) is 29.0. The minimum absolute atomic E-state index is 0.0524. The SMILES string of the molecule is CCN(CCO)C(=O)CCc1c(C)c2c(C)nn(C)c2[nH]c1=O. The average molecular weight is 320 g/mol. The highest BCUT2D eigenvalue weighted by molar-refractivity contribution is 5.83. The summed E-state index contributed by atoms with van der Waals surface area (Å²) in [6, 6.07) is 0. The third kappa shape index (κ3) is 3.29. The van der Waals surface area contributed by atoms with Crippen molar-refractivity contribution in [3.63, 3.8) is 0 Å². The molecular weight excluding hydrogens is 296 g/mol. The largest absolute Gasteiger partial charge is 0.395 e. The van der Waals surface area contributed by atoms with Crippen LogP contribution in [-0.2, 0) is 18.3 Å². The maximum Gasteiger partial charge on any atom is 0.253 e. The van der Waals surface area contributed by atoms with E-state index >= 15 is 0 Å². The summed E-state index contributed by atoms with van der Waals surface area (Å²) >= 11 is 0. The molecule has 7 nitrogen and oxygen atoms in total. The Hall–Kier alpha value is -2.15. The Kier molecular flexibility index (Phi) is 5.20. The number of pyridine rings is 1. The zero-order valence-corrected chi connectivity index (χ0v) is 14.1. The molecule has 0 aromatic carbocycles. The fraction of sp³-hybridized carbons (Fsp3) is 0.562. The van der Waals surface area contributed by atoms with Gasteiger partial charge < -0.3 is 15.0 Å². The van der Waals surface area contributed by atoms with Gasteiger partial charge in [0.2, 0.25) is 5.91 Å². The van der Waals surface area contributed by atoms with Crippen LogP contribution in [0.1, 0.15) is 30.2 Å². The van der Waals surface area contributed by atoms with Crippen molar-refractivity contribution in [1.82, 2.24) is 19.7 Å². The van der Waals surface area contributed by atoms with E-state index in [9.17, 15) is 9.59 Å². The fourth-order valence-corrected chi connectivity index (χ4v) is 3.03. The van der Waals surface area contributed by atoms with E-state index < -0.39 is 0 Å². The van der Waals surface area contributed by atoms with Gasteiger partial charge in [0.25, 0.3) is 5.56 Å². The molecule has 126 valence electrons. The molecule has 2 aromatic heterocycles. The molecule has 0 aliphatic rings. The highest BCUT2D eigenvalue weighted by Crippen LogP contribution is 2.21. The molecule has 0 unspecified atom stereocenters. The van der Waals surface area contributed by atoms with Gasteiger partial charge in [0.15, 0.2) is 0 Å². The van der Waals surface area contributed by atoms with E-state index in [1.165, 1.54) is 0 Å². The van der Waals surface area contributed by atoms with Crippen LogP contribution in [0.15, 0.2) is 4.79 Å². The molecule has 2 N–H and O–H groups in total. The smallest absolute Gasteiger partial charge is 0.253 e. The van der Waals surface area contributed by atoms with E-state index in [-0.39, 0.29) is 24.5 Å². The lowest BCUT2D eigenvalue weighted by molar-refractivity contribution is -0.131. The summed E-state index contributed by atoms with van der Waals surface area (Å²) in [6.45, 7) is 6.50. The minimum Gasteiger partial charge on any atom is -0.395 e. The van der Waals surface area contributed by atoms with Crippen molar-refractivity contribution in [1.29, 1.82) is 0 Å². The first-order chi connectivity index (χ1) is 10.9. The Morgan fingerprint density at radius 3 is 2.70 bits per heavy atom. The molecule has 0 bridgehead atoms. The van der Waals surface area contributed by atoms with Gasteiger partial charge in [-0.15, -0.1) is 0 Å². The highest BCUT2D eigenvalue weighted by Gasteiger charge is 2.17. The van der Waals surface area contributed by atoms with Gasteiger partial charge in [0, 0.05) is 37.5 Å². The first kappa shape index (κ1) is 17.2. The summed E-state index contributed by atoms with van der Waals surface area (Å²) in [7, 11) is 1.79. The number of rotatable bonds is 6. The molecule has 0 fully saturated rings. The van der Waals surface area contributed by atoms with Crippen molar-refractivity contribution < 1.29 is 9.90 Å². The second-order valence-corrected chi connectivity index (χ2v) is 5.69. The van der Waals surface area contributed by atoms with Crippen molar-refractivity contribution in [2.45, 2.75) is 33.6 Å². The fourth-order valence-electron chi connectivity index (χ4n) is 3.03. The molecule has 0 saturated carbocycles.